The van der Waals surface area contributed by atoms with Gasteiger partial charge in [0.15, 0.2) is 5.69 Å². The van der Waals surface area contributed by atoms with Crippen LogP contribution >= 0.6 is 0 Å². The average molecular weight is 433 g/mol. The number of aromatic nitrogens is 2. The number of carbonyl (C=O) groups excluding carboxylic acids is 2. The fourth-order valence-corrected chi connectivity index (χ4v) is 3.94. The minimum atomic E-state index is -0.459. The van der Waals surface area contributed by atoms with Gasteiger partial charge in [0.2, 0.25) is 0 Å². The summed E-state index contributed by atoms with van der Waals surface area (Å²) in [5.41, 5.74) is 5.69. The molecule has 0 unspecified atom stereocenters. The smallest absolute Gasteiger partial charge is 0.359 e. The van der Waals surface area contributed by atoms with E-state index >= 15 is 0 Å². The molecule has 1 aliphatic heterocycles. The third-order valence-electron chi connectivity index (χ3n) is 5.72. The van der Waals surface area contributed by atoms with Gasteiger partial charge < -0.3 is 14.5 Å². The zero-order valence-electron chi connectivity index (χ0n) is 19.0. The first kappa shape index (κ1) is 21.6. The van der Waals surface area contributed by atoms with Crippen LogP contribution in [0.4, 0.5) is 5.69 Å². The number of aryl methyl sites for hydroxylation is 1. The molecule has 0 bridgehead atoms. The molecule has 166 valence electrons. The highest BCUT2D eigenvalue weighted by Crippen LogP contribution is 2.27. The van der Waals surface area contributed by atoms with Gasteiger partial charge in [0.05, 0.1) is 24.5 Å². The first-order valence-electron chi connectivity index (χ1n) is 10.8. The molecule has 32 heavy (non-hydrogen) atoms. The molecule has 1 aromatic heterocycles. The summed E-state index contributed by atoms with van der Waals surface area (Å²) < 4.78 is 7.07. The molecule has 2 aromatic carbocycles. The summed E-state index contributed by atoms with van der Waals surface area (Å²) in [6, 6.07) is 15.6. The van der Waals surface area contributed by atoms with Gasteiger partial charge in [-0.05, 0) is 50.2 Å². The van der Waals surface area contributed by atoms with Crippen LogP contribution in [-0.4, -0.2) is 53.8 Å². The van der Waals surface area contributed by atoms with Crippen LogP contribution in [0.2, 0.25) is 0 Å². The number of rotatable bonds is 5. The van der Waals surface area contributed by atoms with Gasteiger partial charge >= 0.3 is 5.97 Å². The third kappa shape index (κ3) is 4.10. The van der Waals surface area contributed by atoms with Crippen molar-refractivity contribution in [3.05, 3.63) is 76.6 Å². The molecule has 0 saturated carbocycles. The van der Waals surface area contributed by atoms with E-state index in [1.54, 1.807) is 11.8 Å². The van der Waals surface area contributed by atoms with E-state index < -0.39 is 5.97 Å². The van der Waals surface area contributed by atoms with E-state index in [2.05, 4.69) is 5.10 Å². The minimum Gasteiger partial charge on any atom is -0.461 e. The molecule has 7 heteroatoms. The highest BCUT2D eigenvalue weighted by molar-refractivity contribution is 5.95. The maximum atomic E-state index is 13.2. The van der Waals surface area contributed by atoms with Crippen molar-refractivity contribution in [3.8, 4) is 5.69 Å². The SMILES string of the molecule is CCOC(=O)c1nn(-c2ccc(C)cc2)c2c1CN(C(=O)c1ccc(N(C)C)cc1)CC2. The van der Waals surface area contributed by atoms with Crippen LogP contribution in [0, 0.1) is 6.92 Å². The second kappa shape index (κ2) is 8.86. The Hall–Kier alpha value is -3.61. The Balaban J connectivity index is 1.67. The Bertz CT molecular complexity index is 1130. The summed E-state index contributed by atoms with van der Waals surface area (Å²) in [6.07, 6.45) is 0.608. The van der Waals surface area contributed by atoms with Crippen molar-refractivity contribution >= 4 is 17.6 Å². The van der Waals surface area contributed by atoms with E-state index in [0.717, 1.165) is 28.2 Å². The lowest BCUT2D eigenvalue weighted by molar-refractivity contribution is 0.0513. The number of esters is 1. The molecule has 1 amide bonds. The number of hydrogen-bond donors (Lipinski definition) is 0. The lowest BCUT2D eigenvalue weighted by Crippen LogP contribution is -2.36. The Morgan fingerprint density at radius 1 is 1.06 bits per heavy atom. The van der Waals surface area contributed by atoms with Crippen molar-refractivity contribution in [2.45, 2.75) is 26.8 Å². The minimum absolute atomic E-state index is 0.0566. The molecule has 0 aliphatic carbocycles. The number of fused-ring (bicyclic) bond motifs is 1. The molecule has 3 aromatic rings. The number of amides is 1. The van der Waals surface area contributed by atoms with Crippen molar-refractivity contribution in [2.24, 2.45) is 0 Å². The van der Waals surface area contributed by atoms with Crippen molar-refractivity contribution in [3.63, 3.8) is 0 Å². The van der Waals surface area contributed by atoms with Gasteiger partial charge in [-0.2, -0.15) is 5.10 Å². The van der Waals surface area contributed by atoms with Gasteiger partial charge in [0.25, 0.3) is 5.91 Å². The highest BCUT2D eigenvalue weighted by atomic mass is 16.5. The van der Waals surface area contributed by atoms with Gasteiger partial charge in [-0.15, -0.1) is 0 Å². The van der Waals surface area contributed by atoms with Gasteiger partial charge in [-0.1, -0.05) is 17.7 Å². The van der Waals surface area contributed by atoms with Crippen molar-refractivity contribution in [1.29, 1.82) is 0 Å². The summed E-state index contributed by atoms with van der Waals surface area (Å²) >= 11 is 0. The van der Waals surface area contributed by atoms with E-state index in [0.29, 0.717) is 25.1 Å². The largest absolute Gasteiger partial charge is 0.461 e. The predicted molar refractivity (Wildman–Crippen MR) is 123 cm³/mol. The molecule has 0 fully saturated rings. The summed E-state index contributed by atoms with van der Waals surface area (Å²) in [6.45, 7) is 4.95. The Morgan fingerprint density at radius 3 is 2.38 bits per heavy atom. The number of ether oxygens (including phenoxy) is 1. The average Bonchev–Trinajstić information content (AvgIpc) is 3.18. The van der Waals surface area contributed by atoms with Crippen LogP contribution in [0.3, 0.4) is 0 Å². The zero-order valence-corrected chi connectivity index (χ0v) is 19.0. The summed E-state index contributed by atoms with van der Waals surface area (Å²) in [5.74, 6) is -0.516. The number of hydrogen-bond acceptors (Lipinski definition) is 5. The topological polar surface area (TPSA) is 67.7 Å². The normalized spacial score (nSPS) is 12.9. The van der Waals surface area contributed by atoms with E-state index in [1.165, 1.54) is 0 Å². The Kier molecular flexibility index (Phi) is 5.99. The molecule has 0 N–H and O–H groups in total. The first-order chi connectivity index (χ1) is 15.4. The Labute approximate surface area is 188 Å². The van der Waals surface area contributed by atoms with E-state index in [1.807, 2.05) is 79.1 Å². The van der Waals surface area contributed by atoms with Gasteiger partial charge in [-0.3, -0.25) is 4.79 Å². The molecule has 1 aliphatic rings. The lowest BCUT2D eigenvalue weighted by Gasteiger charge is -2.28. The van der Waals surface area contributed by atoms with E-state index in [9.17, 15) is 9.59 Å². The Morgan fingerprint density at radius 2 is 1.75 bits per heavy atom. The zero-order chi connectivity index (χ0) is 22.8. The van der Waals surface area contributed by atoms with Gasteiger partial charge in [-0.25, -0.2) is 9.48 Å². The summed E-state index contributed by atoms with van der Waals surface area (Å²) in [5, 5.41) is 4.61. The fourth-order valence-electron chi connectivity index (χ4n) is 3.94. The van der Waals surface area contributed by atoms with Crippen LogP contribution in [0.1, 0.15) is 44.6 Å². The molecule has 7 nitrogen and oxygen atoms in total. The van der Waals surface area contributed by atoms with Crippen LogP contribution in [-0.2, 0) is 17.7 Å². The molecular weight excluding hydrogens is 404 g/mol. The molecule has 0 atom stereocenters. The van der Waals surface area contributed by atoms with Gasteiger partial charge in [0, 0.05) is 43.9 Å². The van der Waals surface area contributed by atoms with Crippen molar-refractivity contribution in [2.75, 3.05) is 32.1 Å². The van der Waals surface area contributed by atoms with Crippen LogP contribution < -0.4 is 4.90 Å². The molecule has 0 saturated heterocycles. The monoisotopic (exact) mass is 432 g/mol. The van der Waals surface area contributed by atoms with E-state index in [4.69, 9.17) is 4.74 Å². The second-order valence-electron chi connectivity index (χ2n) is 8.16. The second-order valence-corrected chi connectivity index (χ2v) is 8.16. The van der Waals surface area contributed by atoms with Crippen LogP contribution in [0.5, 0.6) is 0 Å². The number of anilines is 1. The predicted octanol–water partition coefficient (Wildman–Crippen LogP) is 3.62. The number of nitrogens with zero attached hydrogens (tertiary/aromatic N) is 4. The molecule has 4 rings (SSSR count). The molecule has 0 radical (unpaired) electrons. The van der Waals surface area contributed by atoms with Crippen molar-refractivity contribution in [1.82, 2.24) is 14.7 Å². The number of benzene rings is 2. The third-order valence-corrected chi connectivity index (χ3v) is 5.72. The maximum Gasteiger partial charge on any atom is 0.359 e. The summed E-state index contributed by atoms with van der Waals surface area (Å²) in [7, 11) is 3.93. The molecule has 0 spiro atoms. The van der Waals surface area contributed by atoms with Crippen molar-refractivity contribution < 1.29 is 14.3 Å². The fraction of sp³-hybridized carbons (Fsp3) is 0.320. The van der Waals surface area contributed by atoms with Gasteiger partial charge in [0.1, 0.15) is 0 Å². The van der Waals surface area contributed by atoms with Crippen LogP contribution in [0.25, 0.3) is 5.69 Å². The summed E-state index contributed by atoms with van der Waals surface area (Å²) in [4.78, 5) is 29.6. The standard InChI is InChI=1S/C25H28N4O3/c1-5-32-25(31)23-21-16-28(24(30)18-8-12-19(13-9-18)27(3)4)15-14-22(21)29(26-23)20-10-6-17(2)7-11-20/h6-13H,5,14-16H2,1-4H3. The molecule has 2 heterocycles. The number of carbonyl (C=O) groups is 2. The maximum absolute atomic E-state index is 13.2. The van der Waals surface area contributed by atoms with E-state index in [-0.39, 0.29) is 18.2 Å². The van der Waals surface area contributed by atoms with Crippen LogP contribution in [0.15, 0.2) is 48.5 Å². The highest BCUT2D eigenvalue weighted by Gasteiger charge is 2.31. The first-order valence-corrected chi connectivity index (χ1v) is 10.8. The molecular formula is C25H28N4O3. The quantitative estimate of drug-likeness (QED) is 0.576. The lowest BCUT2D eigenvalue weighted by atomic mass is 10.0.